The maximum Gasteiger partial charge on any atom is 0.271 e. The van der Waals surface area contributed by atoms with Gasteiger partial charge in [-0.3, -0.25) is 9.59 Å². The van der Waals surface area contributed by atoms with Gasteiger partial charge in [-0.05, 0) is 56.6 Å². The largest absolute Gasteiger partial charge is 0.348 e. The van der Waals surface area contributed by atoms with Crippen LogP contribution in [0.1, 0.15) is 49.0 Å². The molecule has 29 heavy (non-hydrogen) atoms. The number of aromatic nitrogens is 2. The van der Waals surface area contributed by atoms with Crippen LogP contribution >= 0.6 is 0 Å². The molecule has 0 radical (unpaired) electrons. The van der Waals surface area contributed by atoms with Crippen LogP contribution in [-0.4, -0.2) is 50.8 Å². The van der Waals surface area contributed by atoms with Crippen molar-refractivity contribution in [2.24, 2.45) is 11.7 Å². The number of nitrogens with two attached hydrogens (primary N) is 1. The molecule has 0 aromatic carbocycles. The summed E-state index contributed by atoms with van der Waals surface area (Å²) in [4.78, 5) is 31.1. The zero-order valence-corrected chi connectivity index (χ0v) is 16.3. The average molecular weight is 394 g/mol. The van der Waals surface area contributed by atoms with Gasteiger partial charge in [-0.15, -0.1) is 0 Å². The summed E-state index contributed by atoms with van der Waals surface area (Å²) >= 11 is 0. The first-order valence-electron chi connectivity index (χ1n) is 10.3. The molecule has 1 saturated carbocycles. The molecule has 0 spiro atoms. The normalized spacial score (nSPS) is 25.5. The molecule has 1 saturated heterocycles. The summed E-state index contributed by atoms with van der Waals surface area (Å²) in [7, 11) is 0. The number of carbonyl (C=O) groups excluding carboxylic acids is 2. The van der Waals surface area contributed by atoms with Gasteiger partial charge in [0, 0.05) is 25.0 Å². The monoisotopic (exact) mass is 394 g/mol. The number of nitriles is 1. The number of amides is 2. The molecule has 2 atom stereocenters. The van der Waals surface area contributed by atoms with E-state index in [9.17, 15) is 14.9 Å². The zero-order valence-electron chi connectivity index (χ0n) is 16.3. The van der Waals surface area contributed by atoms with Crippen molar-refractivity contribution in [2.75, 3.05) is 6.54 Å². The maximum atomic E-state index is 12.7. The summed E-state index contributed by atoms with van der Waals surface area (Å²) < 4.78 is 1.87. The average Bonchev–Trinajstić information content (AvgIpc) is 3.41. The highest BCUT2D eigenvalue weighted by molar-refractivity contribution is 5.92. The van der Waals surface area contributed by atoms with E-state index < -0.39 is 6.04 Å². The van der Waals surface area contributed by atoms with Crippen LogP contribution in [-0.2, 0) is 4.79 Å². The highest BCUT2D eigenvalue weighted by atomic mass is 16.2. The molecule has 3 N–H and O–H groups in total. The lowest BCUT2D eigenvalue weighted by atomic mass is 9.81. The Hall–Kier alpha value is -2.92. The second-order valence-electron chi connectivity index (χ2n) is 8.04. The molecule has 2 amide bonds. The summed E-state index contributed by atoms with van der Waals surface area (Å²) in [6, 6.07) is 5.19. The first-order chi connectivity index (χ1) is 14.1. The van der Waals surface area contributed by atoms with Crippen LogP contribution in [0, 0.1) is 17.2 Å². The Morgan fingerprint density at radius 2 is 2.07 bits per heavy atom. The first kappa shape index (κ1) is 19.4. The Balaban J connectivity index is 1.30. The van der Waals surface area contributed by atoms with E-state index in [1.165, 1.54) is 0 Å². The highest BCUT2D eigenvalue weighted by Gasteiger charge is 2.36. The van der Waals surface area contributed by atoms with Gasteiger partial charge in [0.2, 0.25) is 5.91 Å². The Labute approximate surface area is 169 Å². The van der Waals surface area contributed by atoms with E-state index in [1.807, 2.05) is 22.7 Å². The Morgan fingerprint density at radius 1 is 1.28 bits per heavy atom. The predicted octanol–water partition coefficient (Wildman–Crippen LogP) is 1.46. The number of nitrogens with one attached hydrogen (secondary N) is 1. The van der Waals surface area contributed by atoms with E-state index in [1.54, 1.807) is 17.3 Å². The van der Waals surface area contributed by atoms with Crippen molar-refractivity contribution in [2.45, 2.75) is 56.7 Å². The van der Waals surface area contributed by atoms with Gasteiger partial charge < -0.3 is 20.4 Å². The van der Waals surface area contributed by atoms with Crippen molar-refractivity contribution in [1.82, 2.24) is 19.6 Å². The fourth-order valence-electron chi connectivity index (χ4n) is 4.49. The summed E-state index contributed by atoms with van der Waals surface area (Å²) in [5.74, 6) is -0.200. The second-order valence-corrected chi connectivity index (χ2v) is 8.04. The molecule has 4 rings (SSSR count). The number of hydrogen-bond acceptors (Lipinski definition) is 5. The Kier molecular flexibility index (Phi) is 5.49. The van der Waals surface area contributed by atoms with Gasteiger partial charge in [-0.25, -0.2) is 4.98 Å². The van der Waals surface area contributed by atoms with Gasteiger partial charge >= 0.3 is 0 Å². The van der Waals surface area contributed by atoms with Crippen LogP contribution in [0.25, 0.3) is 5.52 Å². The standard InChI is InChI=1S/C21H26N6O2/c22-11-16-3-2-10-27(16)21(29)19(23)14-5-7-15(8-6-14)25-20(28)18-13-26-9-1-4-17(26)12-24-18/h1,4,9,12-16,19H,2-3,5-8,10,23H2,(H,25,28)/t14?,15?,16-,19-/m0/s1. The summed E-state index contributed by atoms with van der Waals surface area (Å²) in [5, 5.41) is 12.3. The van der Waals surface area contributed by atoms with Crippen molar-refractivity contribution in [3.8, 4) is 6.07 Å². The minimum atomic E-state index is -0.571. The fraction of sp³-hybridized carbons (Fsp3) is 0.524. The summed E-state index contributed by atoms with van der Waals surface area (Å²) in [5.41, 5.74) is 7.60. The van der Waals surface area contributed by atoms with Crippen LogP contribution in [0.15, 0.2) is 30.7 Å². The van der Waals surface area contributed by atoms with Crippen molar-refractivity contribution >= 4 is 17.3 Å². The molecule has 1 aliphatic heterocycles. The molecular weight excluding hydrogens is 368 g/mol. The van der Waals surface area contributed by atoms with Gasteiger partial charge in [0.25, 0.3) is 5.91 Å². The molecule has 1 aliphatic carbocycles. The van der Waals surface area contributed by atoms with Crippen LogP contribution in [0.4, 0.5) is 0 Å². The molecule has 2 aromatic heterocycles. The SMILES string of the molecule is N#C[C@@H]1CCCN1C(=O)[C@@H](N)C1CCC(NC(=O)c2cn3cccc3cn2)CC1. The van der Waals surface area contributed by atoms with Gasteiger partial charge in [0.1, 0.15) is 11.7 Å². The number of rotatable bonds is 4. The molecule has 0 unspecified atom stereocenters. The Morgan fingerprint density at radius 3 is 2.83 bits per heavy atom. The van der Waals surface area contributed by atoms with E-state index in [4.69, 9.17) is 5.73 Å². The molecule has 8 heteroatoms. The third-order valence-electron chi connectivity index (χ3n) is 6.23. The molecule has 2 fully saturated rings. The van der Waals surface area contributed by atoms with Crippen LogP contribution < -0.4 is 11.1 Å². The molecule has 2 aromatic rings. The minimum absolute atomic E-state index is 0.0573. The van der Waals surface area contributed by atoms with Gasteiger partial charge in [0.15, 0.2) is 0 Å². The van der Waals surface area contributed by atoms with E-state index in [2.05, 4.69) is 16.4 Å². The predicted molar refractivity (Wildman–Crippen MR) is 107 cm³/mol. The summed E-state index contributed by atoms with van der Waals surface area (Å²) in [6.45, 7) is 0.620. The number of fused-ring (bicyclic) bond motifs is 1. The molecule has 2 aliphatic rings. The van der Waals surface area contributed by atoms with Crippen molar-refractivity contribution in [3.63, 3.8) is 0 Å². The second kappa shape index (κ2) is 8.21. The van der Waals surface area contributed by atoms with Crippen LogP contribution in [0.5, 0.6) is 0 Å². The third kappa shape index (κ3) is 3.96. The smallest absolute Gasteiger partial charge is 0.271 e. The lowest BCUT2D eigenvalue weighted by molar-refractivity contribution is -0.134. The number of likely N-dealkylation sites (tertiary alicyclic amines) is 1. The quantitative estimate of drug-likeness (QED) is 0.814. The van der Waals surface area contributed by atoms with Gasteiger partial charge in [-0.2, -0.15) is 5.26 Å². The number of nitrogens with zero attached hydrogens (tertiary/aromatic N) is 4. The first-order valence-corrected chi connectivity index (χ1v) is 10.3. The lowest BCUT2D eigenvalue weighted by Gasteiger charge is -2.34. The van der Waals surface area contributed by atoms with Crippen molar-refractivity contribution < 1.29 is 9.59 Å². The molecule has 8 nitrogen and oxygen atoms in total. The van der Waals surface area contributed by atoms with E-state index >= 15 is 0 Å². The third-order valence-corrected chi connectivity index (χ3v) is 6.23. The van der Waals surface area contributed by atoms with Gasteiger partial charge in [-0.1, -0.05) is 0 Å². The van der Waals surface area contributed by atoms with Gasteiger partial charge in [0.05, 0.1) is 23.8 Å². The highest BCUT2D eigenvalue weighted by Crippen LogP contribution is 2.28. The minimum Gasteiger partial charge on any atom is -0.348 e. The van der Waals surface area contributed by atoms with Crippen LogP contribution in [0.2, 0.25) is 0 Å². The van der Waals surface area contributed by atoms with Crippen LogP contribution in [0.3, 0.4) is 0 Å². The van der Waals surface area contributed by atoms with E-state index in [0.717, 1.165) is 44.0 Å². The van der Waals surface area contributed by atoms with E-state index in [-0.39, 0.29) is 29.8 Å². The van der Waals surface area contributed by atoms with E-state index in [0.29, 0.717) is 12.2 Å². The number of carbonyl (C=O) groups is 2. The molecule has 3 heterocycles. The Bertz CT molecular complexity index is 940. The van der Waals surface area contributed by atoms with Crippen molar-refractivity contribution in [1.29, 1.82) is 5.26 Å². The number of hydrogen-bond donors (Lipinski definition) is 2. The lowest BCUT2D eigenvalue weighted by Crippen LogP contribution is -2.50. The van der Waals surface area contributed by atoms with Crippen molar-refractivity contribution in [3.05, 3.63) is 36.4 Å². The zero-order chi connectivity index (χ0) is 20.4. The maximum absolute atomic E-state index is 12.7. The summed E-state index contributed by atoms with van der Waals surface area (Å²) in [6.07, 6.45) is 10.0. The molecular formula is C21H26N6O2. The molecule has 0 bridgehead atoms. The molecule has 152 valence electrons. The topological polar surface area (TPSA) is 117 Å². The fourth-order valence-corrected chi connectivity index (χ4v) is 4.49.